The van der Waals surface area contributed by atoms with Crippen LogP contribution in [0.5, 0.6) is 0 Å². The monoisotopic (exact) mass is 284 g/mol. The number of nitrogens with zero attached hydrogens (tertiary/aromatic N) is 4. The molecule has 1 aromatic rings. The number of carbonyl (C=O) groups is 2. The van der Waals surface area contributed by atoms with E-state index in [0.717, 1.165) is 0 Å². The summed E-state index contributed by atoms with van der Waals surface area (Å²) < 4.78 is 0. The Kier molecular flexibility index (Phi) is 3.35. The molecule has 0 spiro atoms. The molecule has 0 bridgehead atoms. The van der Waals surface area contributed by atoms with Crippen LogP contribution in [0.3, 0.4) is 0 Å². The van der Waals surface area contributed by atoms with Crippen molar-refractivity contribution < 1.29 is 9.59 Å². The van der Waals surface area contributed by atoms with E-state index in [9.17, 15) is 9.59 Å². The number of urea groups is 1. The standard InChI is InChI=1S/C15H16N4O2/c1-11(9-16)17-7-8-18-13(10-17)14(20)19(15(18)21)12-5-3-2-4-6-12/h2-6,11,13H,7-8,10H2,1H3/t11-,13-/m1/s1. The minimum absolute atomic E-state index is 0.207. The number of imide groups is 1. The van der Waals surface area contributed by atoms with Crippen LogP contribution in [0.4, 0.5) is 10.5 Å². The minimum Gasteiger partial charge on any atom is -0.309 e. The van der Waals surface area contributed by atoms with Gasteiger partial charge in [-0.05, 0) is 19.1 Å². The Morgan fingerprint density at radius 3 is 2.62 bits per heavy atom. The van der Waals surface area contributed by atoms with Gasteiger partial charge in [-0.25, -0.2) is 9.69 Å². The highest BCUT2D eigenvalue weighted by Crippen LogP contribution is 2.27. The molecule has 2 heterocycles. The van der Waals surface area contributed by atoms with Crippen molar-refractivity contribution in [1.82, 2.24) is 9.80 Å². The maximum atomic E-state index is 12.6. The fourth-order valence-corrected chi connectivity index (χ4v) is 2.86. The van der Waals surface area contributed by atoms with Gasteiger partial charge >= 0.3 is 6.03 Å². The van der Waals surface area contributed by atoms with Crippen LogP contribution in [0.2, 0.25) is 0 Å². The van der Waals surface area contributed by atoms with Crippen LogP contribution in [-0.4, -0.2) is 53.5 Å². The third-order valence-electron chi connectivity index (χ3n) is 4.10. The molecule has 6 heteroatoms. The highest BCUT2D eigenvalue weighted by Gasteiger charge is 2.48. The van der Waals surface area contributed by atoms with Gasteiger partial charge in [0.2, 0.25) is 0 Å². The maximum absolute atomic E-state index is 12.6. The van der Waals surface area contributed by atoms with Gasteiger partial charge < -0.3 is 4.90 Å². The number of benzene rings is 1. The Morgan fingerprint density at radius 2 is 1.95 bits per heavy atom. The van der Waals surface area contributed by atoms with Crippen LogP contribution >= 0.6 is 0 Å². The Balaban J connectivity index is 1.86. The summed E-state index contributed by atoms with van der Waals surface area (Å²) >= 11 is 0. The number of hydrogen-bond acceptors (Lipinski definition) is 4. The summed E-state index contributed by atoms with van der Waals surface area (Å²) in [5.74, 6) is -0.207. The molecule has 2 saturated heterocycles. The van der Waals surface area contributed by atoms with Crippen molar-refractivity contribution in [2.75, 3.05) is 24.5 Å². The molecule has 0 radical (unpaired) electrons. The van der Waals surface area contributed by atoms with Crippen molar-refractivity contribution in [2.45, 2.75) is 19.0 Å². The summed E-state index contributed by atoms with van der Waals surface area (Å²) in [4.78, 5) is 29.8. The predicted molar refractivity (Wildman–Crippen MR) is 76.5 cm³/mol. The first kappa shape index (κ1) is 13.6. The molecule has 108 valence electrons. The summed E-state index contributed by atoms with van der Waals surface area (Å²) in [6, 6.07) is 10.1. The molecule has 0 N–H and O–H groups in total. The van der Waals surface area contributed by atoms with Crippen molar-refractivity contribution in [2.24, 2.45) is 0 Å². The van der Waals surface area contributed by atoms with E-state index in [1.165, 1.54) is 4.90 Å². The van der Waals surface area contributed by atoms with Gasteiger partial charge in [0.25, 0.3) is 5.91 Å². The Bertz CT molecular complexity index is 610. The molecule has 6 nitrogen and oxygen atoms in total. The van der Waals surface area contributed by atoms with Crippen molar-refractivity contribution in [3.05, 3.63) is 30.3 Å². The highest BCUT2D eigenvalue weighted by molar-refractivity contribution is 6.21. The van der Waals surface area contributed by atoms with E-state index in [1.54, 1.807) is 29.2 Å². The largest absolute Gasteiger partial charge is 0.332 e. The Hall–Kier alpha value is -2.39. The fraction of sp³-hybridized carbons (Fsp3) is 0.400. The van der Waals surface area contributed by atoms with Gasteiger partial charge in [-0.2, -0.15) is 5.26 Å². The zero-order chi connectivity index (χ0) is 15.0. The molecule has 0 saturated carbocycles. The van der Waals surface area contributed by atoms with Crippen molar-refractivity contribution >= 4 is 17.6 Å². The van der Waals surface area contributed by atoms with Crippen LogP contribution in [0.1, 0.15) is 6.92 Å². The predicted octanol–water partition coefficient (Wildman–Crippen LogP) is 1.05. The van der Waals surface area contributed by atoms with Gasteiger partial charge in [-0.15, -0.1) is 0 Å². The average molecular weight is 284 g/mol. The Morgan fingerprint density at radius 1 is 1.24 bits per heavy atom. The number of anilines is 1. The molecule has 2 atom stereocenters. The molecule has 0 aliphatic carbocycles. The van der Waals surface area contributed by atoms with Crippen molar-refractivity contribution in [3.63, 3.8) is 0 Å². The van der Waals surface area contributed by atoms with Gasteiger partial charge in [-0.1, -0.05) is 18.2 Å². The molecule has 2 fully saturated rings. The first-order chi connectivity index (χ1) is 10.1. The number of nitriles is 1. The molecule has 0 aromatic heterocycles. The van der Waals surface area contributed by atoms with Crippen LogP contribution in [0.25, 0.3) is 0 Å². The van der Waals surface area contributed by atoms with Crippen LogP contribution in [0.15, 0.2) is 30.3 Å². The topological polar surface area (TPSA) is 67.7 Å². The summed E-state index contributed by atoms with van der Waals surface area (Å²) in [6.07, 6.45) is 0. The second-order valence-corrected chi connectivity index (χ2v) is 5.30. The first-order valence-electron chi connectivity index (χ1n) is 6.96. The first-order valence-corrected chi connectivity index (χ1v) is 6.96. The molecule has 1 aromatic carbocycles. The van der Waals surface area contributed by atoms with Crippen molar-refractivity contribution in [3.8, 4) is 6.07 Å². The van der Waals surface area contributed by atoms with Gasteiger partial charge in [0, 0.05) is 19.6 Å². The summed E-state index contributed by atoms with van der Waals surface area (Å²) in [5, 5.41) is 9.01. The fourth-order valence-electron chi connectivity index (χ4n) is 2.86. The van der Waals surface area contributed by atoms with E-state index < -0.39 is 6.04 Å². The lowest BCUT2D eigenvalue weighted by molar-refractivity contribution is -0.121. The normalized spacial score (nSPS) is 23.9. The van der Waals surface area contributed by atoms with Crippen LogP contribution in [-0.2, 0) is 4.79 Å². The van der Waals surface area contributed by atoms with Gasteiger partial charge in [-0.3, -0.25) is 9.69 Å². The molecule has 3 amide bonds. The molecular weight excluding hydrogens is 268 g/mol. The summed E-state index contributed by atoms with van der Waals surface area (Å²) in [5.41, 5.74) is 0.599. The number of fused-ring (bicyclic) bond motifs is 1. The second kappa shape index (κ2) is 5.19. The third-order valence-corrected chi connectivity index (χ3v) is 4.10. The van der Waals surface area contributed by atoms with E-state index in [1.807, 2.05) is 17.9 Å². The number of carbonyl (C=O) groups excluding carboxylic acids is 2. The lowest BCUT2D eigenvalue weighted by Crippen LogP contribution is -2.55. The number of piperazine rings is 1. The molecule has 2 aliphatic heterocycles. The van der Waals surface area contributed by atoms with E-state index >= 15 is 0 Å². The molecule has 2 aliphatic rings. The lowest BCUT2D eigenvalue weighted by Gasteiger charge is -2.36. The lowest BCUT2D eigenvalue weighted by atomic mass is 10.1. The molecular formula is C15H16N4O2. The SMILES string of the molecule is C[C@H](C#N)N1CCN2C(=O)N(c3ccccc3)C(=O)[C@H]2C1. The van der Waals surface area contributed by atoms with Gasteiger partial charge in [0.05, 0.1) is 17.8 Å². The van der Waals surface area contributed by atoms with Gasteiger partial charge in [0.1, 0.15) is 6.04 Å². The Labute approximate surface area is 123 Å². The summed E-state index contributed by atoms with van der Waals surface area (Å²) in [6.45, 7) is 3.33. The number of para-hydroxylation sites is 1. The second-order valence-electron chi connectivity index (χ2n) is 5.30. The smallest absolute Gasteiger partial charge is 0.309 e. The summed E-state index contributed by atoms with van der Waals surface area (Å²) in [7, 11) is 0. The molecule has 0 unspecified atom stereocenters. The number of amides is 3. The average Bonchev–Trinajstić information content (AvgIpc) is 2.78. The third kappa shape index (κ3) is 2.16. The minimum atomic E-state index is -0.484. The maximum Gasteiger partial charge on any atom is 0.332 e. The van der Waals surface area contributed by atoms with E-state index in [2.05, 4.69) is 6.07 Å². The van der Waals surface area contributed by atoms with Crippen LogP contribution in [0, 0.1) is 11.3 Å². The van der Waals surface area contributed by atoms with Crippen molar-refractivity contribution in [1.29, 1.82) is 5.26 Å². The van der Waals surface area contributed by atoms with E-state index in [0.29, 0.717) is 25.3 Å². The highest BCUT2D eigenvalue weighted by atomic mass is 16.2. The quantitative estimate of drug-likeness (QED) is 0.761. The number of rotatable bonds is 2. The molecule has 3 rings (SSSR count). The molecule has 21 heavy (non-hydrogen) atoms. The van der Waals surface area contributed by atoms with E-state index in [-0.39, 0.29) is 18.0 Å². The number of hydrogen-bond donors (Lipinski definition) is 0. The van der Waals surface area contributed by atoms with Crippen LogP contribution < -0.4 is 4.90 Å². The van der Waals surface area contributed by atoms with E-state index in [4.69, 9.17) is 5.26 Å². The zero-order valence-corrected chi connectivity index (χ0v) is 11.8. The van der Waals surface area contributed by atoms with Gasteiger partial charge in [0.15, 0.2) is 0 Å². The zero-order valence-electron chi connectivity index (χ0n) is 11.8.